The van der Waals surface area contributed by atoms with Gasteiger partial charge in [0.25, 0.3) is 0 Å². The third kappa shape index (κ3) is 7.02. The Bertz CT molecular complexity index is 2880. The Kier molecular flexibility index (Phi) is 10.1. The zero-order valence-electron chi connectivity index (χ0n) is 34.2. The van der Waals surface area contributed by atoms with Gasteiger partial charge in [-0.3, -0.25) is 9.98 Å². The highest BCUT2D eigenvalue weighted by molar-refractivity contribution is 8.02. The highest BCUT2D eigenvalue weighted by Crippen LogP contribution is 2.57. The number of allylic oxidation sites excluding steroid dienone is 9. The Balaban J connectivity index is 1.06. The zero-order chi connectivity index (χ0) is 41.3. The summed E-state index contributed by atoms with van der Waals surface area (Å²) in [5, 5.41) is 5.94. The summed E-state index contributed by atoms with van der Waals surface area (Å²) in [7, 11) is 0. The molecule has 0 radical (unpaired) electrons. The second kappa shape index (κ2) is 16.5. The fourth-order valence-corrected chi connectivity index (χ4v) is 10.7. The van der Waals surface area contributed by atoms with Crippen LogP contribution in [0, 0.1) is 5.92 Å². The Hall–Kier alpha value is -6.96. The van der Waals surface area contributed by atoms with Crippen LogP contribution in [0.15, 0.2) is 214 Å². The van der Waals surface area contributed by atoms with E-state index >= 15 is 0 Å². The van der Waals surface area contributed by atoms with Gasteiger partial charge >= 0.3 is 0 Å². The predicted octanol–water partition coefficient (Wildman–Crippen LogP) is 12.0. The summed E-state index contributed by atoms with van der Waals surface area (Å²) in [6.45, 7) is 0. The van der Waals surface area contributed by atoms with E-state index < -0.39 is 11.6 Å². The van der Waals surface area contributed by atoms with Crippen LogP contribution in [0.25, 0.3) is 33.5 Å². The molecule has 3 aliphatic heterocycles. The molecule has 0 saturated carbocycles. The van der Waals surface area contributed by atoms with Crippen LogP contribution in [0.1, 0.15) is 53.6 Å². The zero-order valence-corrected chi connectivity index (χ0v) is 35.0. The SMILES string of the molecule is C1=CC(C2=NC(C3=CC4S/C=C/C(c5cc(C6=CN=CCC6)nc(-c6cccnc6)c5)=C\C=C\C5(c6ccccc6-c6ccccc65)C4C=C3)N=C(c3ccccc3)N2)=CCC1. The first kappa shape index (κ1) is 38.0. The number of rotatable bonds is 6. The number of hydrogen-bond acceptors (Lipinski definition) is 7. The van der Waals surface area contributed by atoms with Gasteiger partial charge in [-0.1, -0.05) is 134 Å². The first-order chi connectivity index (χ1) is 30.7. The van der Waals surface area contributed by atoms with E-state index in [0.717, 1.165) is 87.7 Å². The minimum absolute atomic E-state index is 0.0522. The minimum atomic E-state index is -0.440. The monoisotopic (exact) mass is 820 g/mol. The Morgan fingerprint density at radius 1 is 0.710 bits per heavy atom. The quantitative estimate of drug-likeness (QED) is 0.185. The number of pyridine rings is 2. The second-order valence-corrected chi connectivity index (χ2v) is 17.3. The number of aliphatic imine (C=N–C) groups is 3. The third-order valence-electron chi connectivity index (χ3n) is 12.6. The summed E-state index contributed by atoms with van der Waals surface area (Å²) in [6.07, 6.45) is 34.2. The van der Waals surface area contributed by atoms with Crippen molar-refractivity contribution in [1.29, 1.82) is 0 Å². The van der Waals surface area contributed by atoms with Gasteiger partial charge < -0.3 is 5.32 Å². The largest absolute Gasteiger partial charge is 0.324 e. The van der Waals surface area contributed by atoms with Crippen molar-refractivity contribution in [3.63, 3.8) is 0 Å². The molecule has 5 heterocycles. The number of nitrogens with one attached hydrogen (secondary N) is 1. The van der Waals surface area contributed by atoms with Gasteiger partial charge in [0.1, 0.15) is 11.7 Å². The summed E-state index contributed by atoms with van der Waals surface area (Å²) >= 11 is 1.86. The van der Waals surface area contributed by atoms with Gasteiger partial charge in [-0.25, -0.2) is 15.0 Å². The molecule has 62 heavy (non-hydrogen) atoms. The molecule has 2 aromatic heterocycles. The summed E-state index contributed by atoms with van der Waals surface area (Å²) in [5.41, 5.74) is 14.2. The molecule has 3 atom stereocenters. The number of aromatic nitrogens is 2. The van der Waals surface area contributed by atoms with Crippen molar-refractivity contribution in [2.45, 2.75) is 42.5 Å². The van der Waals surface area contributed by atoms with E-state index in [9.17, 15) is 0 Å². The van der Waals surface area contributed by atoms with Crippen LogP contribution in [-0.2, 0) is 5.41 Å². The van der Waals surface area contributed by atoms with Gasteiger partial charge in [0.2, 0.25) is 0 Å². The number of thioether (sulfide) groups is 1. The van der Waals surface area contributed by atoms with Crippen molar-refractivity contribution in [1.82, 2.24) is 15.3 Å². The molecule has 300 valence electrons. The highest BCUT2D eigenvalue weighted by atomic mass is 32.2. The van der Waals surface area contributed by atoms with Gasteiger partial charge in [0.15, 0.2) is 6.17 Å². The van der Waals surface area contributed by atoms with E-state index in [2.05, 4.69) is 172 Å². The van der Waals surface area contributed by atoms with Gasteiger partial charge in [0, 0.05) is 58.1 Å². The topological polar surface area (TPSA) is 74.9 Å². The van der Waals surface area contributed by atoms with Gasteiger partial charge in [0.05, 0.1) is 11.4 Å². The third-order valence-corrected chi connectivity index (χ3v) is 13.6. The molecule has 0 amide bonds. The maximum atomic E-state index is 5.32. The first-order valence-electron chi connectivity index (χ1n) is 21.5. The molecule has 6 nitrogen and oxygen atoms in total. The summed E-state index contributed by atoms with van der Waals surface area (Å²) < 4.78 is 0. The molecule has 5 aromatic rings. The molecular formula is C55H44N6S. The molecule has 0 bridgehead atoms. The number of hydrogen-bond donors (Lipinski definition) is 1. The maximum Gasteiger partial charge on any atom is 0.169 e. The second-order valence-electron chi connectivity index (χ2n) is 16.2. The van der Waals surface area contributed by atoms with Crippen LogP contribution >= 0.6 is 11.8 Å². The number of fused-ring (bicyclic) bond motifs is 7. The lowest BCUT2D eigenvalue weighted by atomic mass is 9.65. The fourth-order valence-electron chi connectivity index (χ4n) is 9.58. The summed E-state index contributed by atoms with van der Waals surface area (Å²) in [5.74, 6) is 1.79. The van der Waals surface area contributed by atoms with E-state index in [-0.39, 0.29) is 11.2 Å². The molecule has 0 fully saturated rings. The van der Waals surface area contributed by atoms with Crippen molar-refractivity contribution >= 4 is 40.8 Å². The lowest BCUT2D eigenvalue weighted by molar-refractivity contribution is 0.478. The van der Waals surface area contributed by atoms with E-state index in [0.29, 0.717) is 0 Å². The molecule has 3 aliphatic carbocycles. The first-order valence-corrected chi connectivity index (χ1v) is 22.5. The summed E-state index contributed by atoms with van der Waals surface area (Å²) in [6, 6.07) is 36.8. The van der Waals surface area contributed by atoms with Crippen LogP contribution in [-0.4, -0.2) is 39.3 Å². The van der Waals surface area contributed by atoms with E-state index in [1.807, 2.05) is 42.5 Å². The Morgan fingerprint density at radius 3 is 2.27 bits per heavy atom. The lowest BCUT2D eigenvalue weighted by Crippen LogP contribution is -2.40. The van der Waals surface area contributed by atoms with Crippen LogP contribution in [0.2, 0.25) is 0 Å². The van der Waals surface area contributed by atoms with Gasteiger partial charge in [-0.2, -0.15) is 0 Å². The number of nitrogens with zero attached hydrogens (tertiary/aromatic N) is 5. The van der Waals surface area contributed by atoms with E-state index in [1.165, 1.54) is 22.3 Å². The van der Waals surface area contributed by atoms with Gasteiger partial charge in [-0.05, 0) is 106 Å². The molecule has 3 aromatic carbocycles. The average Bonchev–Trinajstić information content (AvgIpc) is 3.64. The standard InChI is InChI=1S/C55H44N6S/c1-3-14-38(15-4-1)52-59-53(39-16-5-2-6-17-39)61-54(60-52)40-25-26-48-51(34-40)62-31-27-37(18-11-28-55(48)46-23-9-7-21-44(46)45-22-8-10-24-47(45)55)43-32-49(41-19-12-29-56-35-41)58-50(33-43)42-20-13-30-57-36-42/h1,3-5,7-12,14-19,21-36,48,51,54H,2,6,13,20H2,(H,59,60,61)/b28-11+,31-27+,37-18+. The highest BCUT2D eigenvalue weighted by Gasteiger charge is 2.49. The lowest BCUT2D eigenvalue weighted by Gasteiger charge is -2.41. The molecule has 1 spiro atoms. The maximum absolute atomic E-state index is 5.32. The van der Waals surface area contributed by atoms with Crippen molar-refractivity contribution in [2.24, 2.45) is 20.9 Å². The van der Waals surface area contributed by atoms with E-state index in [4.69, 9.17) is 15.0 Å². The number of benzene rings is 3. The molecule has 3 unspecified atom stereocenters. The molecule has 7 heteroatoms. The average molecular weight is 821 g/mol. The predicted molar refractivity (Wildman–Crippen MR) is 258 cm³/mol. The van der Waals surface area contributed by atoms with Crippen molar-refractivity contribution < 1.29 is 0 Å². The smallest absolute Gasteiger partial charge is 0.169 e. The van der Waals surface area contributed by atoms with Crippen LogP contribution < -0.4 is 5.32 Å². The van der Waals surface area contributed by atoms with Crippen molar-refractivity contribution in [3.8, 4) is 22.4 Å². The van der Waals surface area contributed by atoms with Gasteiger partial charge in [-0.15, -0.1) is 11.8 Å². The minimum Gasteiger partial charge on any atom is -0.324 e. The Morgan fingerprint density at radius 2 is 1.50 bits per heavy atom. The molecule has 11 rings (SSSR count). The normalized spacial score (nSPS) is 23.8. The van der Waals surface area contributed by atoms with Crippen LogP contribution in [0.5, 0.6) is 0 Å². The van der Waals surface area contributed by atoms with E-state index in [1.54, 1.807) is 6.20 Å². The molecule has 6 aliphatic rings. The summed E-state index contributed by atoms with van der Waals surface area (Å²) in [4.78, 5) is 24.7. The van der Waals surface area contributed by atoms with Crippen LogP contribution in [0.3, 0.4) is 0 Å². The van der Waals surface area contributed by atoms with Crippen LogP contribution in [0.4, 0.5) is 0 Å². The Labute approximate surface area is 367 Å². The molecule has 1 N–H and O–H groups in total. The molecular weight excluding hydrogens is 777 g/mol. The number of amidine groups is 2. The fraction of sp³-hybridized carbons (Fsp3) is 0.145. The van der Waals surface area contributed by atoms with Crippen molar-refractivity contribution in [2.75, 3.05) is 0 Å². The molecule has 0 saturated heterocycles. The van der Waals surface area contributed by atoms with Crippen molar-refractivity contribution in [3.05, 3.63) is 227 Å².